The van der Waals surface area contributed by atoms with Crippen LogP contribution in [0.2, 0.25) is 0 Å². The summed E-state index contributed by atoms with van der Waals surface area (Å²) in [5.41, 5.74) is 2.16. The van der Waals surface area contributed by atoms with Crippen LogP contribution in [0.4, 0.5) is 0 Å². The highest BCUT2D eigenvalue weighted by Gasteiger charge is 2.28. The Morgan fingerprint density at radius 1 is 1.46 bits per heavy atom. The highest BCUT2D eigenvalue weighted by Crippen LogP contribution is 2.25. The molecule has 1 N–H and O–H groups in total. The van der Waals surface area contributed by atoms with Gasteiger partial charge in [-0.15, -0.1) is 0 Å². The first-order valence-electron chi connectivity index (χ1n) is 8.07. The number of nitrogens with one attached hydrogen (secondary N) is 1. The summed E-state index contributed by atoms with van der Waals surface area (Å²) in [7, 11) is -1.21. The van der Waals surface area contributed by atoms with E-state index in [9.17, 15) is 8.42 Å². The number of methoxy groups -OCH3 is 1. The molecule has 2 heterocycles. The van der Waals surface area contributed by atoms with E-state index in [4.69, 9.17) is 4.74 Å². The fraction of sp³-hybridized carbons (Fsp3) is 0.471. The summed E-state index contributed by atoms with van der Waals surface area (Å²) >= 11 is 0. The molecule has 2 aromatic rings. The second-order valence-corrected chi connectivity index (χ2v) is 8.49. The van der Waals surface area contributed by atoms with Crippen LogP contribution in [0, 0.1) is 0 Å². The van der Waals surface area contributed by atoms with Crippen molar-refractivity contribution in [2.75, 3.05) is 18.6 Å². The van der Waals surface area contributed by atoms with Crippen LogP contribution in [0.1, 0.15) is 30.5 Å². The van der Waals surface area contributed by atoms with Gasteiger partial charge in [0, 0.05) is 30.0 Å². The molecule has 7 heteroatoms. The Balaban J connectivity index is 1.75. The summed E-state index contributed by atoms with van der Waals surface area (Å²) in [6.45, 7) is 2.69. The molecule has 24 heavy (non-hydrogen) atoms. The van der Waals surface area contributed by atoms with Crippen LogP contribution in [-0.2, 0) is 16.4 Å². The van der Waals surface area contributed by atoms with Gasteiger partial charge >= 0.3 is 0 Å². The second-order valence-electron chi connectivity index (χ2n) is 6.26. The highest BCUT2D eigenvalue weighted by atomic mass is 32.2. The largest absolute Gasteiger partial charge is 0.496 e. The lowest BCUT2D eigenvalue weighted by Crippen LogP contribution is -2.32. The Morgan fingerprint density at radius 3 is 2.92 bits per heavy atom. The van der Waals surface area contributed by atoms with E-state index in [-0.39, 0.29) is 23.6 Å². The van der Waals surface area contributed by atoms with E-state index in [2.05, 4.69) is 23.4 Å². The summed E-state index contributed by atoms with van der Waals surface area (Å²) in [5, 5.41) is 7.67. The molecule has 1 aliphatic rings. The SMILES string of the molecule is COc1ccc([C@H](C)N[C@H]2CCS(=O)(=O)C2)cc1Cn1cccn1. The van der Waals surface area contributed by atoms with Crippen LogP contribution in [0.25, 0.3) is 0 Å². The number of hydrogen-bond donors (Lipinski definition) is 1. The zero-order valence-electron chi connectivity index (χ0n) is 14.0. The fourth-order valence-corrected chi connectivity index (χ4v) is 4.82. The van der Waals surface area contributed by atoms with E-state index < -0.39 is 9.84 Å². The van der Waals surface area contributed by atoms with Crippen molar-refractivity contribution in [3.63, 3.8) is 0 Å². The molecule has 0 amide bonds. The van der Waals surface area contributed by atoms with E-state index >= 15 is 0 Å². The number of ether oxygens (including phenoxy) is 1. The first-order valence-corrected chi connectivity index (χ1v) is 9.90. The van der Waals surface area contributed by atoms with Gasteiger partial charge in [0.05, 0.1) is 25.2 Å². The van der Waals surface area contributed by atoms with E-state index in [1.54, 1.807) is 13.3 Å². The van der Waals surface area contributed by atoms with Crippen molar-refractivity contribution in [3.05, 3.63) is 47.8 Å². The molecule has 1 aromatic heterocycles. The van der Waals surface area contributed by atoms with Crippen molar-refractivity contribution in [2.45, 2.75) is 32.0 Å². The summed E-state index contributed by atoms with van der Waals surface area (Å²) in [6.07, 6.45) is 4.35. The standard InChI is InChI=1S/C17H23N3O3S/c1-13(19-16-6-9-24(21,22)12-16)14-4-5-17(23-2)15(10-14)11-20-8-3-7-18-20/h3-5,7-8,10,13,16,19H,6,9,11-12H2,1-2H3/t13-,16-/m0/s1. The minimum absolute atomic E-state index is 0.0293. The molecule has 2 atom stereocenters. The highest BCUT2D eigenvalue weighted by molar-refractivity contribution is 7.91. The van der Waals surface area contributed by atoms with Crippen LogP contribution in [0.3, 0.4) is 0 Å². The van der Waals surface area contributed by atoms with Crippen molar-refractivity contribution in [3.8, 4) is 5.75 Å². The van der Waals surface area contributed by atoms with Gasteiger partial charge < -0.3 is 10.1 Å². The topological polar surface area (TPSA) is 73.2 Å². The summed E-state index contributed by atoms with van der Waals surface area (Å²) in [5.74, 6) is 1.34. The third-order valence-electron chi connectivity index (χ3n) is 4.41. The van der Waals surface area contributed by atoms with Crippen LogP contribution >= 0.6 is 0 Å². The maximum absolute atomic E-state index is 11.6. The van der Waals surface area contributed by atoms with Crippen LogP contribution in [-0.4, -0.2) is 42.9 Å². The molecule has 0 saturated carbocycles. The normalized spacial score (nSPS) is 20.8. The molecule has 1 aromatic carbocycles. The Bertz CT molecular complexity index is 787. The predicted octanol–water partition coefficient (Wildman–Crippen LogP) is 1.78. The van der Waals surface area contributed by atoms with Crippen LogP contribution < -0.4 is 10.1 Å². The number of benzene rings is 1. The zero-order chi connectivity index (χ0) is 17.2. The Morgan fingerprint density at radius 2 is 2.29 bits per heavy atom. The van der Waals surface area contributed by atoms with Crippen molar-refractivity contribution < 1.29 is 13.2 Å². The van der Waals surface area contributed by atoms with Crippen molar-refractivity contribution in [1.29, 1.82) is 0 Å². The average molecular weight is 349 g/mol. The zero-order valence-corrected chi connectivity index (χ0v) is 14.8. The first-order chi connectivity index (χ1) is 11.5. The van der Waals surface area contributed by atoms with E-state index in [1.165, 1.54) is 0 Å². The van der Waals surface area contributed by atoms with Gasteiger partial charge in [0.25, 0.3) is 0 Å². The maximum atomic E-state index is 11.6. The minimum Gasteiger partial charge on any atom is -0.496 e. The van der Waals surface area contributed by atoms with Gasteiger partial charge in [-0.3, -0.25) is 4.68 Å². The lowest BCUT2D eigenvalue weighted by molar-refractivity contribution is 0.406. The van der Waals surface area contributed by atoms with Gasteiger partial charge in [0.1, 0.15) is 5.75 Å². The number of hydrogen-bond acceptors (Lipinski definition) is 5. The van der Waals surface area contributed by atoms with Gasteiger partial charge in [-0.2, -0.15) is 5.10 Å². The lowest BCUT2D eigenvalue weighted by Gasteiger charge is -2.20. The summed E-state index contributed by atoms with van der Waals surface area (Å²) in [4.78, 5) is 0. The molecular weight excluding hydrogens is 326 g/mol. The third-order valence-corrected chi connectivity index (χ3v) is 6.18. The maximum Gasteiger partial charge on any atom is 0.151 e. The van der Waals surface area contributed by atoms with Crippen molar-refractivity contribution >= 4 is 9.84 Å². The number of sulfone groups is 1. The molecule has 130 valence electrons. The number of rotatable bonds is 6. The van der Waals surface area contributed by atoms with Gasteiger partial charge in [-0.05, 0) is 37.1 Å². The Hall–Kier alpha value is -1.86. The summed E-state index contributed by atoms with van der Waals surface area (Å²) in [6, 6.07) is 8.07. The van der Waals surface area contributed by atoms with E-state index in [0.717, 1.165) is 16.9 Å². The molecule has 1 saturated heterocycles. The molecule has 6 nitrogen and oxygen atoms in total. The minimum atomic E-state index is -2.87. The molecule has 1 fully saturated rings. The predicted molar refractivity (Wildman–Crippen MR) is 92.9 cm³/mol. The molecule has 3 rings (SSSR count). The van der Waals surface area contributed by atoms with Crippen LogP contribution in [0.5, 0.6) is 5.75 Å². The third kappa shape index (κ3) is 3.96. The van der Waals surface area contributed by atoms with E-state index in [0.29, 0.717) is 13.0 Å². The molecule has 0 radical (unpaired) electrons. The average Bonchev–Trinajstić information content (AvgIpc) is 3.16. The van der Waals surface area contributed by atoms with Gasteiger partial charge in [-0.1, -0.05) is 6.07 Å². The molecule has 0 bridgehead atoms. The quantitative estimate of drug-likeness (QED) is 0.860. The molecule has 0 spiro atoms. The number of nitrogens with zero attached hydrogens (tertiary/aromatic N) is 2. The smallest absolute Gasteiger partial charge is 0.151 e. The molecule has 1 aliphatic heterocycles. The Labute approximate surface area is 142 Å². The van der Waals surface area contributed by atoms with Gasteiger partial charge in [0.2, 0.25) is 0 Å². The number of aromatic nitrogens is 2. The summed E-state index contributed by atoms with van der Waals surface area (Å²) < 4.78 is 30.5. The molecule has 0 unspecified atom stereocenters. The second kappa shape index (κ2) is 6.94. The van der Waals surface area contributed by atoms with Crippen molar-refractivity contribution in [2.24, 2.45) is 0 Å². The lowest BCUT2D eigenvalue weighted by atomic mass is 10.0. The first kappa shape index (κ1) is 17.0. The van der Waals surface area contributed by atoms with Crippen LogP contribution in [0.15, 0.2) is 36.7 Å². The van der Waals surface area contributed by atoms with Gasteiger partial charge in [0.15, 0.2) is 9.84 Å². The van der Waals surface area contributed by atoms with E-state index in [1.807, 2.05) is 29.1 Å². The van der Waals surface area contributed by atoms with Crippen molar-refractivity contribution in [1.82, 2.24) is 15.1 Å². The molecular formula is C17H23N3O3S. The van der Waals surface area contributed by atoms with Gasteiger partial charge in [-0.25, -0.2) is 8.42 Å². The molecule has 0 aliphatic carbocycles. The monoisotopic (exact) mass is 349 g/mol. The Kier molecular flexibility index (Phi) is 4.91. The fourth-order valence-electron chi connectivity index (χ4n) is 3.14.